The Morgan fingerprint density at radius 2 is 2.42 bits per heavy atom. The number of hydrogen-bond acceptors (Lipinski definition) is 7. The molecule has 0 saturated carbocycles. The molecule has 1 fully saturated rings. The number of nitrogen functional groups attached to an aromatic ring is 1. The van der Waals surface area contributed by atoms with E-state index in [1.807, 2.05) is 0 Å². The molecule has 5 N–H and O–H groups in total. The highest BCUT2D eigenvalue weighted by Gasteiger charge is 2.35. The summed E-state index contributed by atoms with van der Waals surface area (Å²) in [4.78, 5) is 17.9. The molecule has 1 saturated heterocycles. The van der Waals surface area contributed by atoms with Gasteiger partial charge in [0.1, 0.15) is 11.5 Å². The molecule has 1 aliphatic rings. The molecule has 0 aliphatic carbocycles. The van der Waals surface area contributed by atoms with E-state index in [2.05, 4.69) is 15.1 Å². The van der Waals surface area contributed by atoms with E-state index in [1.54, 1.807) is 0 Å². The van der Waals surface area contributed by atoms with Gasteiger partial charge in [0.15, 0.2) is 11.9 Å². The minimum atomic E-state index is -0.765. The average molecular weight is 267 g/mol. The van der Waals surface area contributed by atoms with Crippen LogP contribution in [-0.2, 0) is 4.74 Å². The molecule has 3 rings (SSSR count). The van der Waals surface area contributed by atoms with Gasteiger partial charge in [0.25, 0.3) is 5.56 Å². The number of hydrogen-bond donors (Lipinski definition) is 4. The second-order valence-corrected chi connectivity index (χ2v) is 4.41. The Balaban J connectivity index is 1.99. The molecule has 9 heteroatoms. The fourth-order valence-electron chi connectivity index (χ4n) is 2.14. The van der Waals surface area contributed by atoms with Gasteiger partial charge in [-0.15, -0.1) is 5.10 Å². The summed E-state index contributed by atoms with van der Waals surface area (Å²) in [6, 6.07) is 0. The quantitative estimate of drug-likeness (QED) is 0.510. The van der Waals surface area contributed by atoms with Crippen LogP contribution in [0.3, 0.4) is 0 Å². The first kappa shape index (κ1) is 12.1. The number of nitrogens with zero attached hydrogens (tertiary/aromatic N) is 3. The number of fused-ring (bicyclic) bond motifs is 1. The Labute approximate surface area is 106 Å². The Morgan fingerprint density at radius 1 is 1.63 bits per heavy atom. The Hall–Kier alpha value is -1.97. The van der Waals surface area contributed by atoms with Gasteiger partial charge in [0.05, 0.1) is 12.7 Å². The average Bonchev–Trinajstić information content (AvgIpc) is 2.92. The van der Waals surface area contributed by atoms with Crippen LogP contribution in [0.5, 0.6) is 0 Å². The predicted octanol–water partition coefficient (Wildman–Crippen LogP) is -1.66. The summed E-state index contributed by atoms with van der Waals surface area (Å²) in [6.45, 7) is -0.274. The largest absolute Gasteiger partial charge is 0.394 e. The predicted molar refractivity (Wildman–Crippen MR) is 64.2 cm³/mol. The zero-order valence-corrected chi connectivity index (χ0v) is 9.85. The van der Waals surface area contributed by atoms with E-state index in [1.165, 1.54) is 10.9 Å². The first-order valence-corrected chi connectivity index (χ1v) is 5.77. The van der Waals surface area contributed by atoms with Crippen LogP contribution in [0.2, 0.25) is 0 Å². The topological polar surface area (TPSA) is 139 Å². The maximum absolute atomic E-state index is 11.7. The van der Waals surface area contributed by atoms with Crippen LogP contribution in [0, 0.1) is 0 Å². The molecule has 2 aromatic rings. The van der Waals surface area contributed by atoms with Gasteiger partial charge in [-0.1, -0.05) is 0 Å². The molecular weight excluding hydrogens is 254 g/mol. The summed E-state index contributed by atoms with van der Waals surface area (Å²) in [5.74, 6) is -0.0108. The molecule has 3 atom stereocenters. The maximum atomic E-state index is 11.7. The molecule has 0 amide bonds. The summed E-state index contributed by atoms with van der Waals surface area (Å²) in [7, 11) is 0. The summed E-state index contributed by atoms with van der Waals surface area (Å²) in [6.07, 6.45) is -0.182. The van der Waals surface area contributed by atoms with Crippen molar-refractivity contribution in [1.82, 2.24) is 19.7 Å². The fourth-order valence-corrected chi connectivity index (χ4v) is 2.14. The second kappa shape index (κ2) is 4.30. The number of H-pyrrole nitrogens is 1. The summed E-state index contributed by atoms with van der Waals surface area (Å²) in [5.41, 5.74) is 5.26. The minimum absolute atomic E-state index is 0.0108. The van der Waals surface area contributed by atoms with Crippen molar-refractivity contribution in [2.75, 3.05) is 12.3 Å². The molecule has 102 valence electrons. The molecule has 2 aromatic heterocycles. The molecule has 0 spiro atoms. The summed E-state index contributed by atoms with van der Waals surface area (Å²) >= 11 is 0. The Bertz CT molecular complexity index is 665. The molecule has 3 unspecified atom stereocenters. The van der Waals surface area contributed by atoms with Gasteiger partial charge < -0.3 is 20.7 Å². The first-order valence-electron chi connectivity index (χ1n) is 5.77. The van der Waals surface area contributed by atoms with Gasteiger partial charge in [-0.2, -0.15) is 4.98 Å². The van der Waals surface area contributed by atoms with Crippen LogP contribution >= 0.6 is 0 Å². The van der Waals surface area contributed by atoms with Crippen molar-refractivity contribution >= 4 is 17.0 Å². The van der Waals surface area contributed by atoms with E-state index < -0.39 is 18.4 Å². The zero-order chi connectivity index (χ0) is 13.6. The van der Waals surface area contributed by atoms with E-state index in [4.69, 9.17) is 15.6 Å². The molecular formula is C10H13N5O4. The number of nitrogens with one attached hydrogen (secondary N) is 1. The highest BCUT2D eigenvalue weighted by atomic mass is 16.5. The number of rotatable bonds is 2. The van der Waals surface area contributed by atoms with E-state index in [0.29, 0.717) is 5.39 Å². The number of aromatic nitrogens is 4. The number of aliphatic hydroxyl groups is 2. The zero-order valence-electron chi connectivity index (χ0n) is 9.85. The summed E-state index contributed by atoms with van der Waals surface area (Å²) < 4.78 is 6.85. The Kier molecular flexibility index (Phi) is 2.73. The van der Waals surface area contributed by atoms with Gasteiger partial charge in [0, 0.05) is 12.6 Å². The third-order valence-electron chi connectivity index (χ3n) is 3.10. The summed E-state index contributed by atoms with van der Waals surface area (Å²) in [5, 5.41) is 23.1. The molecule has 3 heterocycles. The van der Waals surface area contributed by atoms with Gasteiger partial charge >= 0.3 is 0 Å². The van der Waals surface area contributed by atoms with Gasteiger partial charge in [-0.3, -0.25) is 9.78 Å². The van der Waals surface area contributed by atoms with Crippen molar-refractivity contribution in [2.24, 2.45) is 0 Å². The van der Waals surface area contributed by atoms with E-state index in [9.17, 15) is 9.90 Å². The fraction of sp³-hybridized carbons (Fsp3) is 0.500. The lowest BCUT2D eigenvalue weighted by Crippen LogP contribution is -2.24. The van der Waals surface area contributed by atoms with Gasteiger partial charge in [-0.05, 0) is 0 Å². The number of aromatic amines is 1. The SMILES string of the molecule is Nc1nc2nn(C3CC(O)C(CO)O3)cc2c(=O)[nH]1. The van der Waals surface area contributed by atoms with E-state index in [0.717, 1.165) is 0 Å². The standard InChI is InChI=1S/C10H13N5O4/c11-10-12-8-4(9(18)13-10)2-15(14-8)7-1-5(17)6(3-16)19-7/h2,5-7,16-17H,1,3H2,(H3,11,12,13,14,18). The van der Waals surface area contributed by atoms with Crippen LogP contribution in [-0.4, -0.2) is 48.8 Å². The lowest BCUT2D eigenvalue weighted by Gasteiger charge is -2.11. The van der Waals surface area contributed by atoms with Crippen LogP contribution in [0.15, 0.2) is 11.0 Å². The number of nitrogens with two attached hydrogens (primary N) is 1. The van der Waals surface area contributed by atoms with Crippen molar-refractivity contribution in [3.8, 4) is 0 Å². The normalized spacial score (nSPS) is 27.2. The van der Waals surface area contributed by atoms with Gasteiger partial charge in [0.2, 0.25) is 5.95 Å². The maximum Gasteiger partial charge on any atom is 0.263 e. The highest BCUT2D eigenvalue weighted by molar-refractivity contribution is 5.73. The molecule has 0 radical (unpaired) electrons. The van der Waals surface area contributed by atoms with Crippen LogP contribution in [0.1, 0.15) is 12.6 Å². The molecule has 0 bridgehead atoms. The highest BCUT2D eigenvalue weighted by Crippen LogP contribution is 2.28. The number of anilines is 1. The lowest BCUT2D eigenvalue weighted by molar-refractivity contribution is -0.0482. The number of aliphatic hydroxyl groups excluding tert-OH is 2. The first-order chi connectivity index (χ1) is 9.08. The Morgan fingerprint density at radius 3 is 3.11 bits per heavy atom. The molecule has 9 nitrogen and oxygen atoms in total. The monoisotopic (exact) mass is 267 g/mol. The molecule has 19 heavy (non-hydrogen) atoms. The third-order valence-corrected chi connectivity index (χ3v) is 3.10. The van der Waals surface area contributed by atoms with Crippen molar-refractivity contribution in [3.05, 3.63) is 16.6 Å². The lowest BCUT2D eigenvalue weighted by atomic mass is 10.2. The second-order valence-electron chi connectivity index (χ2n) is 4.41. The van der Waals surface area contributed by atoms with Gasteiger partial charge in [-0.25, -0.2) is 4.68 Å². The van der Waals surface area contributed by atoms with Crippen molar-refractivity contribution in [2.45, 2.75) is 24.9 Å². The van der Waals surface area contributed by atoms with E-state index >= 15 is 0 Å². The smallest absolute Gasteiger partial charge is 0.263 e. The van der Waals surface area contributed by atoms with Crippen molar-refractivity contribution < 1.29 is 14.9 Å². The molecule has 0 aromatic carbocycles. The van der Waals surface area contributed by atoms with Crippen LogP contribution in [0.4, 0.5) is 5.95 Å². The third kappa shape index (κ3) is 1.97. The van der Waals surface area contributed by atoms with E-state index in [-0.39, 0.29) is 30.2 Å². The van der Waals surface area contributed by atoms with Crippen LogP contribution < -0.4 is 11.3 Å². The molecule has 1 aliphatic heterocycles. The van der Waals surface area contributed by atoms with Crippen molar-refractivity contribution in [3.63, 3.8) is 0 Å². The minimum Gasteiger partial charge on any atom is -0.394 e. The van der Waals surface area contributed by atoms with Crippen molar-refractivity contribution in [1.29, 1.82) is 0 Å². The van der Waals surface area contributed by atoms with Crippen LogP contribution in [0.25, 0.3) is 11.0 Å². The number of ether oxygens (including phenoxy) is 1.